The van der Waals surface area contributed by atoms with Crippen molar-refractivity contribution in [3.63, 3.8) is 0 Å². The highest BCUT2D eigenvalue weighted by molar-refractivity contribution is 5.80. The summed E-state index contributed by atoms with van der Waals surface area (Å²) in [6.07, 6.45) is 3.86. The molecule has 1 fully saturated rings. The van der Waals surface area contributed by atoms with Gasteiger partial charge in [-0.3, -0.25) is 4.99 Å². The van der Waals surface area contributed by atoms with Gasteiger partial charge in [0.05, 0.1) is 0 Å². The summed E-state index contributed by atoms with van der Waals surface area (Å²) in [7, 11) is 1.72. The van der Waals surface area contributed by atoms with E-state index in [1.54, 1.807) is 31.6 Å². The maximum Gasteiger partial charge on any atom is 0.225 e. The van der Waals surface area contributed by atoms with Gasteiger partial charge in [-0.25, -0.2) is 18.7 Å². The van der Waals surface area contributed by atoms with E-state index in [2.05, 4.69) is 30.1 Å². The smallest absolute Gasteiger partial charge is 0.225 e. The molecule has 2 heterocycles. The molecule has 1 aromatic carbocycles. The van der Waals surface area contributed by atoms with E-state index >= 15 is 0 Å². The first-order valence-corrected chi connectivity index (χ1v) is 8.59. The number of anilines is 1. The molecular formula is C18H22F2N6. The summed E-state index contributed by atoms with van der Waals surface area (Å²) in [6, 6.07) is 6.04. The molecule has 0 atom stereocenters. The molecule has 1 aliphatic rings. The zero-order valence-corrected chi connectivity index (χ0v) is 14.7. The molecule has 0 radical (unpaired) electrons. The minimum atomic E-state index is -0.814. The Morgan fingerprint density at radius 1 is 1.12 bits per heavy atom. The van der Waals surface area contributed by atoms with Crippen molar-refractivity contribution in [2.75, 3.05) is 44.7 Å². The molecule has 1 aliphatic heterocycles. The van der Waals surface area contributed by atoms with E-state index in [9.17, 15) is 8.78 Å². The molecule has 0 bridgehead atoms. The summed E-state index contributed by atoms with van der Waals surface area (Å²) in [4.78, 5) is 17.1. The van der Waals surface area contributed by atoms with Crippen molar-refractivity contribution < 1.29 is 8.78 Å². The first-order chi connectivity index (χ1) is 12.7. The maximum absolute atomic E-state index is 13.7. The third kappa shape index (κ3) is 4.25. The Labute approximate surface area is 151 Å². The summed E-state index contributed by atoms with van der Waals surface area (Å²) < 4.78 is 27.0. The number of nitrogens with zero attached hydrogens (tertiary/aromatic N) is 5. The van der Waals surface area contributed by atoms with Crippen molar-refractivity contribution in [1.82, 2.24) is 20.2 Å². The van der Waals surface area contributed by atoms with Crippen LogP contribution in [0.2, 0.25) is 0 Å². The number of nitrogens with one attached hydrogen (secondary N) is 1. The number of benzene rings is 1. The van der Waals surface area contributed by atoms with E-state index in [0.29, 0.717) is 18.5 Å². The number of aromatic nitrogens is 2. The fourth-order valence-corrected chi connectivity index (χ4v) is 2.96. The molecule has 0 unspecified atom stereocenters. The van der Waals surface area contributed by atoms with Crippen LogP contribution in [0.25, 0.3) is 0 Å². The molecule has 8 heteroatoms. The lowest BCUT2D eigenvalue weighted by atomic mass is 10.1. The van der Waals surface area contributed by atoms with Crippen molar-refractivity contribution in [3.05, 3.63) is 53.9 Å². The fourth-order valence-electron chi connectivity index (χ4n) is 2.96. The van der Waals surface area contributed by atoms with E-state index < -0.39 is 11.6 Å². The Morgan fingerprint density at radius 2 is 1.85 bits per heavy atom. The average Bonchev–Trinajstić information content (AvgIpc) is 2.69. The molecule has 0 amide bonds. The molecule has 0 spiro atoms. The lowest BCUT2D eigenvalue weighted by Gasteiger charge is -2.36. The first-order valence-electron chi connectivity index (χ1n) is 8.59. The third-order valence-electron chi connectivity index (χ3n) is 4.34. The zero-order chi connectivity index (χ0) is 18.4. The molecule has 1 saturated heterocycles. The first kappa shape index (κ1) is 18.0. The number of hydrogen-bond donors (Lipinski definition) is 1. The predicted octanol–water partition coefficient (Wildman–Crippen LogP) is 1.69. The number of halogens is 2. The Bertz CT molecular complexity index is 745. The van der Waals surface area contributed by atoms with Crippen LogP contribution in [0.5, 0.6) is 0 Å². The van der Waals surface area contributed by atoms with Gasteiger partial charge in [-0.1, -0.05) is 12.1 Å². The second-order valence-corrected chi connectivity index (χ2v) is 5.96. The van der Waals surface area contributed by atoms with Crippen LogP contribution in [-0.2, 0) is 6.42 Å². The van der Waals surface area contributed by atoms with E-state index in [-0.39, 0.29) is 0 Å². The highest BCUT2D eigenvalue weighted by atomic mass is 19.2. The van der Waals surface area contributed by atoms with Crippen LogP contribution in [0.1, 0.15) is 5.56 Å². The Hall–Kier alpha value is -2.77. The summed E-state index contributed by atoms with van der Waals surface area (Å²) in [5, 5.41) is 3.23. The molecule has 2 aromatic rings. The molecule has 0 saturated carbocycles. The summed E-state index contributed by atoms with van der Waals surface area (Å²) in [5.74, 6) is -0.0981. The van der Waals surface area contributed by atoms with Crippen LogP contribution in [-0.4, -0.2) is 60.6 Å². The standard InChI is InChI=1S/C18H22F2N6/c1-21-17(24-9-6-14-4-2-5-15(19)16(14)20)25-10-12-26(13-11-25)18-22-7-3-8-23-18/h2-5,7-8H,6,9-13H2,1H3,(H,21,24). The third-order valence-corrected chi connectivity index (χ3v) is 4.34. The van der Waals surface area contributed by atoms with Crippen LogP contribution >= 0.6 is 0 Å². The fraction of sp³-hybridized carbons (Fsp3) is 0.389. The quantitative estimate of drug-likeness (QED) is 0.664. The molecule has 1 aromatic heterocycles. The zero-order valence-electron chi connectivity index (χ0n) is 14.7. The van der Waals surface area contributed by atoms with E-state index in [1.807, 2.05) is 0 Å². The molecular weight excluding hydrogens is 338 g/mol. The van der Waals surface area contributed by atoms with Gasteiger partial charge in [0.1, 0.15) is 0 Å². The van der Waals surface area contributed by atoms with Gasteiger partial charge in [-0.15, -0.1) is 0 Å². The summed E-state index contributed by atoms with van der Waals surface area (Å²) in [5.41, 5.74) is 0.360. The van der Waals surface area contributed by atoms with Crippen LogP contribution < -0.4 is 10.2 Å². The minimum absolute atomic E-state index is 0.360. The largest absolute Gasteiger partial charge is 0.356 e. The SMILES string of the molecule is CN=C(NCCc1cccc(F)c1F)N1CCN(c2ncccn2)CC1. The van der Waals surface area contributed by atoms with Crippen molar-refractivity contribution >= 4 is 11.9 Å². The van der Waals surface area contributed by atoms with Crippen molar-refractivity contribution in [2.45, 2.75) is 6.42 Å². The highest BCUT2D eigenvalue weighted by Gasteiger charge is 2.21. The van der Waals surface area contributed by atoms with Gasteiger partial charge >= 0.3 is 0 Å². The van der Waals surface area contributed by atoms with Crippen molar-refractivity contribution in [1.29, 1.82) is 0 Å². The van der Waals surface area contributed by atoms with Crippen LogP contribution in [0, 0.1) is 11.6 Å². The van der Waals surface area contributed by atoms with Gasteiger partial charge in [0, 0.05) is 52.2 Å². The molecule has 3 rings (SSSR count). The summed E-state index contributed by atoms with van der Waals surface area (Å²) >= 11 is 0. The topological polar surface area (TPSA) is 56.7 Å². The normalized spacial score (nSPS) is 15.3. The minimum Gasteiger partial charge on any atom is -0.356 e. The van der Waals surface area contributed by atoms with Crippen LogP contribution in [0.4, 0.5) is 14.7 Å². The van der Waals surface area contributed by atoms with E-state index in [1.165, 1.54) is 6.07 Å². The lowest BCUT2D eigenvalue weighted by Crippen LogP contribution is -2.53. The molecule has 138 valence electrons. The van der Waals surface area contributed by atoms with Crippen LogP contribution in [0.15, 0.2) is 41.7 Å². The maximum atomic E-state index is 13.7. The Kier molecular flexibility index (Phi) is 5.93. The molecule has 6 nitrogen and oxygen atoms in total. The number of piperazine rings is 1. The van der Waals surface area contributed by atoms with Gasteiger partial charge < -0.3 is 15.1 Å². The second-order valence-electron chi connectivity index (χ2n) is 5.96. The van der Waals surface area contributed by atoms with Gasteiger partial charge in [-0.2, -0.15) is 0 Å². The summed E-state index contributed by atoms with van der Waals surface area (Å²) in [6.45, 7) is 3.64. The molecule has 0 aliphatic carbocycles. The monoisotopic (exact) mass is 360 g/mol. The lowest BCUT2D eigenvalue weighted by molar-refractivity contribution is 0.370. The predicted molar refractivity (Wildman–Crippen MR) is 97.2 cm³/mol. The number of guanidine groups is 1. The van der Waals surface area contributed by atoms with Crippen molar-refractivity contribution in [2.24, 2.45) is 4.99 Å². The molecule has 26 heavy (non-hydrogen) atoms. The second kappa shape index (κ2) is 8.55. The van der Waals surface area contributed by atoms with Crippen LogP contribution in [0.3, 0.4) is 0 Å². The van der Waals surface area contributed by atoms with Gasteiger partial charge in [0.2, 0.25) is 5.95 Å². The van der Waals surface area contributed by atoms with E-state index in [0.717, 1.165) is 44.2 Å². The Balaban J connectivity index is 1.50. The van der Waals surface area contributed by atoms with E-state index in [4.69, 9.17) is 0 Å². The molecule has 1 N–H and O–H groups in total. The van der Waals surface area contributed by atoms with Gasteiger partial charge in [0.15, 0.2) is 17.6 Å². The number of hydrogen-bond acceptors (Lipinski definition) is 4. The highest BCUT2D eigenvalue weighted by Crippen LogP contribution is 2.12. The number of aliphatic imine (C=N–C) groups is 1. The average molecular weight is 360 g/mol. The number of rotatable bonds is 4. The van der Waals surface area contributed by atoms with Crippen molar-refractivity contribution in [3.8, 4) is 0 Å². The van der Waals surface area contributed by atoms with Gasteiger partial charge in [-0.05, 0) is 24.1 Å². The van der Waals surface area contributed by atoms with Gasteiger partial charge in [0.25, 0.3) is 0 Å². The Morgan fingerprint density at radius 3 is 2.54 bits per heavy atom.